The molecule has 6 atom stereocenters. The Morgan fingerprint density at radius 2 is 1.74 bits per heavy atom. The highest BCUT2D eigenvalue weighted by molar-refractivity contribution is 7.89. The zero-order valence-electron chi connectivity index (χ0n) is 41.8. The summed E-state index contributed by atoms with van der Waals surface area (Å²) in [7, 11) is -1.43. The number of oxime groups is 1. The second kappa shape index (κ2) is 24.0. The maximum atomic E-state index is 15.7. The van der Waals surface area contributed by atoms with Crippen molar-refractivity contribution < 1.29 is 56.9 Å². The maximum absolute atomic E-state index is 15.7. The van der Waals surface area contributed by atoms with Crippen LogP contribution >= 0.6 is 0 Å². The van der Waals surface area contributed by atoms with Crippen LogP contribution in [0.1, 0.15) is 75.3 Å². The van der Waals surface area contributed by atoms with Gasteiger partial charge in [-0.2, -0.15) is 4.31 Å². The summed E-state index contributed by atoms with van der Waals surface area (Å²) in [5.74, 6) is -1.88. The Morgan fingerprint density at radius 1 is 0.986 bits per heavy atom. The highest BCUT2D eigenvalue weighted by atomic mass is 32.2. The molecule has 8 rings (SSSR count). The van der Waals surface area contributed by atoms with Crippen molar-refractivity contribution in [2.75, 3.05) is 45.9 Å². The zero-order valence-corrected chi connectivity index (χ0v) is 42.6. The molecule has 6 unspecified atom stereocenters. The first kappa shape index (κ1) is 53.4. The van der Waals surface area contributed by atoms with Crippen molar-refractivity contribution in [3.8, 4) is 23.0 Å². The normalized spacial score (nSPS) is 21.5. The van der Waals surface area contributed by atoms with Crippen LogP contribution in [-0.4, -0.2) is 97.1 Å². The number of aliphatic hydroxyl groups is 2. The molecule has 0 saturated heterocycles. The average molecular weight is 1030 g/mol. The number of allylic oxidation sites excluding steroid dienone is 1. The van der Waals surface area contributed by atoms with Crippen LogP contribution in [0.15, 0.2) is 132 Å². The minimum atomic E-state index is -4.43. The van der Waals surface area contributed by atoms with E-state index in [0.717, 1.165) is 0 Å². The van der Waals surface area contributed by atoms with E-state index in [-0.39, 0.29) is 67.6 Å². The van der Waals surface area contributed by atoms with E-state index in [0.29, 0.717) is 101 Å². The van der Waals surface area contributed by atoms with Gasteiger partial charge in [0.2, 0.25) is 15.8 Å². The van der Waals surface area contributed by atoms with Gasteiger partial charge >= 0.3 is 6.09 Å². The molecule has 1 amide bonds. The number of aromatic nitrogens is 1. The molecular weight excluding hydrogens is 971 g/mol. The third kappa shape index (κ3) is 11.1. The van der Waals surface area contributed by atoms with Crippen molar-refractivity contribution in [1.29, 1.82) is 0 Å². The topological polar surface area (TPSA) is 231 Å². The standard InChI is InChI=1S/C55H63N5O13S/c1-5-27-59(74(66,67)49-17-11-14-37-15-12-26-56-53(37)49)50-34-46(58-71-35-36-18-20-39(21-19-36)60(64)65)43-31-38(13-7-9-28-61)42(16-8-10-29-62)51-44-32-41(23-25-47(44)73-55(50,52(43)51)70-30-6-2)72-54(63)57-45-24-22-40(68-3)33-48(45)69-4/h6,11-12,14-15,17-26,31-33,38,42,50-52,61-62H,2,5,7-10,13,16,27-30,34-35H2,1,3-4H3,(H,57,63). The van der Waals surface area contributed by atoms with Crippen molar-refractivity contribution in [1.82, 2.24) is 9.29 Å². The maximum Gasteiger partial charge on any atom is 0.417 e. The minimum Gasteiger partial charge on any atom is -0.497 e. The van der Waals surface area contributed by atoms with Crippen LogP contribution in [0, 0.1) is 27.9 Å². The van der Waals surface area contributed by atoms with Crippen LogP contribution in [-0.2, 0) is 26.2 Å². The fourth-order valence-corrected chi connectivity index (χ4v) is 12.7. The van der Waals surface area contributed by atoms with Crippen LogP contribution < -0.4 is 24.3 Å². The largest absolute Gasteiger partial charge is 0.497 e. The predicted molar refractivity (Wildman–Crippen MR) is 278 cm³/mol. The molecule has 1 aromatic heterocycles. The Balaban J connectivity index is 1.32. The smallest absolute Gasteiger partial charge is 0.417 e. The molecule has 4 aromatic carbocycles. The van der Waals surface area contributed by atoms with E-state index >= 15 is 8.42 Å². The number of carbonyl (C=O) groups is 1. The number of aliphatic hydroxyl groups excluding tert-OH is 2. The van der Waals surface area contributed by atoms with Gasteiger partial charge in [-0.25, -0.2) is 13.2 Å². The molecule has 392 valence electrons. The highest BCUT2D eigenvalue weighted by Gasteiger charge is 2.66. The summed E-state index contributed by atoms with van der Waals surface area (Å²) < 4.78 is 64.1. The van der Waals surface area contributed by atoms with Gasteiger partial charge in [-0.15, -0.1) is 6.58 Å². The molecule has 1 fully saturated rings. The first-order chi connectivity index (χ1) is 35.9. The van der Waals surface area contributed by atoms with Crippen molar-refractivity contribution in [3.63, 3.8) is 0 Å². The number of unbranched alkanes of at least 4 members (excludes halogenated alkanes) is 2. The van der Waals surface area contributed by atoms with E-state index in [2.05, 4.69) is 23.0 Å². The van der Waals surface area contributed by atoms with E-state index in [1.54, 1.807) is 79.0 Å². The molecule has 2 aliphatic carbocycles. The number of hydrogen-bond acceptors (Lipinski definition) is 15. The Kier molecular flexibility index (Phi) is 17.3. The molecule has 3 N–H and O–H groups in total. The van der Waals surface area contributed by atoms with Crippen molar-refractivity contribution >= 4 is 44.1 Å². The lowest BCUT2D eigenvalue weighted by molar-refractivity contribution is -0.384. The van der Waals surface area contributed by atoms with Crippen LogP contribution in [0.5, 0.6) is 23.0 Å². The Labute approximate surface area is 430 Å². The number of methoxy groups -OCH3 is 2. The van der Waals surface area contributed by atoms with Crippen molar-refractivity contribution in [2.45, 2.75) is 87.5 Å². The number of nitrogens with zero attached hydrogens (tertiary/aromatic N) is 4. The fraction of sp³-hybridized carbons (Fsp3) is 0.400. The van der Waals surface area contributed by atoms with Gasteiger partial charge < -0.3 is 38.7 Å². The number of ether oxygens (including phenoxy) is 5. The van der Waals surface area contributed by atoms with Gasteiger partial charge in [-0.3, -0.25) is 20.4 Å². The monoisotopic (exact) mass is 1030 g/mol. The quantitative estimate of drug-likeness (QED) is 0.0226. The third-order valence-electron chi connectivity index (χ3n) is 14.0. The summed E-state index contributed by atoms with van der Waals surface area (Å²) in [6.07, 6.45) is 8.63. The molecule has 0 spiro atoms. The predicted octanol–water partition coefficient (Wildman–Crippen LogP) is 9.71. The van der Waals surface area contributed by atoms with E-state index in [9.17, 15) is 25.1 Å². The summed E-state index contributed by atoms with van der Waals surface area (Å²) >= 11 is 0. The number of nitrogens with one attached hydrogen (secondary N) is 1. The van der Waals surface area contributed by atoms with E-state index in [4.69, 9.17) is 33.7 Å². The van der Waals surface area contributed by atoms with Crippen LogP contribution in [0.2, 0.25) is 0 Å². The molecule has 19 heteroatoms. The Hall–Kier alpha value is -6.90. The van der Waals surface area contributed by atoms with Gasteiger partial charge in [0.05, 0.1) is 54.6 Å². The number of amides is 1. The number of para-hydroxylation sites is 1. The summed E-state index contributed by atoms with van der Waals surface area (Å²) in [5.41, 5.74) is 3.04. The number of nitro benzene ring substituents is 1. The second-order valence-electron chi connectivity index (χ2n) is 18.5. The number of anilines is 1. The second-order valence-corrected chi connectivity index (χ2v) is 20.4. The van der Waals surface area contributed by atoms with E-state index in [1.807, 2.05) is 19.1 Å². The summed E-state index contributed by atoms with van der Waals surface area (Å²) in [5, 5.41) is 39.8. The first-order valence-electron chi connectivity index (χ1n) is 24.9. The molecule has 18 nitrogen and oxygen atoms in total. The lowest BCUT2D eigenvalue weighted by Crippen LogP contribution is -2.70. The molecule has 1 aliphatic heterocycles. The van der Waals surface area contributed by atoms with Gasteiger partial charge in [-0.05, 0) is 110 Å². The van der Waals surface area contributed by atoms with E-state index < -0.39 is 44.7 Å². The molecule has 74 heavy (non-hydrogen) atoms. The van der Waals surface area contributed by atoms with Gasteiger partial charge in [-0.1, -0.05) is 55.3 Å². The van der Waals surface area contributed by atoms with Crippen molar-refractivity contribution in [2.24, 2.45) is 22.9 Å². The van der Waals surface area contributed by atoms with Crippen LogP contribution in [0.25, 0.3) is 10.9 Å². The fourth-order valence-electron chi connectivity index (χ4n) is 10.8. The summed E-state index contributed by atoms with van der Waals surface area (Å²) in [6, 6.07) is 23.5. The van der Waals surface area contributed by atoms with E-state index in [1.165, 1.54) is 30.7 Å². The zero-order chi connectivity index (χ0) is 52.4. The molecule has 5 aromatic rings. The Bertz CT molecular complexity index is 2980. The number of rotatable bonds is 24. The molecule has 3 aliphatic rings. The lowest BCUT2D eigenvalue weighted by atomic mass is 9.55. The molecule has 2 heterocycles. The number of hydrogen-bond donors (Lipinski definition) is 3. The number of sulfonamides is 1. The minimum absolute atomic E-state index is 0.00367. The average Bonchev–Trinajstić information content (AvgIpc) is 3.40. The van der Waals surface area contributed by atoms with Gasteiger partial charge in [0.25, 0.3) is 5.69 Å². The highest BCUT2D eigenvalue weighted by Crippen LogP contribution is 2.62. The number of nitro groups is 1. The van der Waals surface area contributed by atoms with Gasteiger partial charge in [0.15, 0.2) is 0 Å². The number of benzene rings is 4. The molecule has 0 radical (unpaired) electrons. The van der Waals surface area contributed by atoms with Crippen LogP contribution in [0.4, 0.5) is 16.2 Å². The van der Waals surface area contributed by atoms with Crippen molar-refractivity contribution in [3.05, 3.63) is 143 Å². The molecule has 1 saturated carbocycles. The van der Waals surface area contributed by atoms with Gasteiger partial charge in [0, 0.05) is 67.4 Å². The number of pyridine rings is 1. The number of non-ortho nitro benzene ring substituents is 1. The van der Waals surface area contributed by atoms with Crippen LogP contribution in [0.3, 0.4) is 0 Å². The Morgan fingerprint density at radius 3 is 2.46 bits per heavy atom. The first-order valence-corrected chi connectivity index (χ1v) is 26.3. The number of carbonyl (C=O) groups excluding carboxylic acids is 1. The summed E-state index contributed by atoms with van der Waals surface area (Å²) in [4.78, 5) is 35.4. The number of fused-ring (bicyclic) bond motifs is 3. The SMILES string of the molecule is C=CCOC12Oc3ccc(OC(=O)Nc4ccc(OC)cc4OC)cc3C3C(CCCCO)C(CCCCO)C=C(C(=NOCc4ccc([N+](=O)[O-])cc4)CC1N(CCC)S(=O)(=O)c1cccc4cccnc14)C32. The third-order valence-corrected chi connectivity index (χ3v) is 16.0. The van der Waals surface area contributed by atoms with Gasteiger partial charge in [0.1, 0.15) is 34.5 Å². The lowest BCUT2D eigenvalue weighted by Gasteiger charge is -2.59. The molecule has 0 bridgehead atoms. The molecular formula is C55H63N5O13S. The summed E-state index contributed by atoms with van der Waals surface area (Å²) in [6.45, 7) is 5.84.